The van der Waals surface area contributed by atoms with Gasteiger partial charge in [0.2, 0.25) is 0 Å². The smallest absolute Gasteiger partial charge is 0.159 e. The van der Waals surface area contributed by atoms with Gasteiger partial charge in [-0.25, -0.2) is 14.4 Å². The summed E-state index contributed by atoms with van der Waals surface area (Å²) in [6, 6.07) is 7.98. The van der Waals surface area contributed by atoms with Crippen LogP contribution in [0.25, 0.3) is 11.4 Å². The topological polar surface area (TPSA) is 35.0 Å². The fourth-order valence-electron chi connectivity index (χ4n) is 4.02. The molecule has 0 radical (unpaired) electrons. The molecule has 0 aliphatic heterocycles. The number of nitrogens with zero attached hydrogens (tertiary/aromatic N) is 2. The lowest BCUT2D eigenvalue weighted by Crippen LogP contribution is -2.03. The molecular weight excluding hydrogens is 411 g/mol. The van der Waals surface area contributed by atoms with Gasteiger partial charge < -0.3 is 4.74 Å². The molecule has 3 nitrogen and oxygen atoms in total. The number of hydrogen-bond donors (Lipinski definition) is 0. The fraction of sp³-hybridized carbons (Fsp3) is 0.655. The third-order valence-electron chi connectivity index (χ3n) is 6.20. The van der Waals surface area contributed by atoms with Gasteiger partial charge in [-0.05, 0) is 55.5 Å². The van der Waals surface area contributed by atoms with Gasteiger partial charge in [-0.3, -0.25) is 0 Å². The lowest BCUT2D eigenvalue weighted by Gasteiger charge is -2.09. The highest BCUT2D eigenvalue weighted by Gasteiger charge is 2.08. The first kappa shape index (κ1) is 27.3. The van der Waals surface area contributed by atoms with Crippen LogP contribution in [0, 0.1) is 0 Å². The van der Waals surface area contributed by atoms with Crippen LogP contribution in [0.3, 0.4) is 0 Å². The van der Waals surface area contributed by atoms with Crippen LogP contribution in [0.15, 0.2) is 36.7 Å². The van der Waals surface area contributed by atoms with Gasteiger partial charge in [0.25, 0.3) is 0 Å². The zero-order valence-corrected chi connectivity index (χ0v) is 21.0. The predicted octanol–water partition coefficient (Wildman–Crippen LogP) is 8.90. The van der Waals surface area contributed by atoms with E-state index < -0.39 is 6.17 Å². The number of ether oxygens (including phenoxy) is 1. The Morgan fingerprint density at radius 3 is 1.94 bits per heavy atom. The molecule has 2 rings (SSSR count). The molecule has 0 aliphatic rings. The number of aryl methyl sites for hydroxylation is 1. The zero-order valence-electron chi connectivity index (χ0n) is 21.0. The number of rotatable bonds is 19. The Morgan fingerprint density at radius 2 is 1.30 bits per heavy atom. The molecule has 0 bridgehead atoms. The van der Waals surface area contributed by atoms with Crippen molar-refractivity contribution >= 4 is 0 Å². The second-order valence-corrected chi connectivity index (χ2v) is 9.25. The van der Waals surface area contributed by atoms with Crippen molar-refractivity contribution in [2.45, 2.75) is 116 Å². The van der Waals surface area contributed by atoms with E-state index in [0.29, 0.717) is 25.1 Å². The summed E-state index contributed by atoms with van der Waals surface area (Å²) in [7, 11) is 0. The summed E-state index contributed by atoms with van der Waals surface area (Å²) in [5, 5.41) is 0. The highest BCUT2D eigenvalue weighted by Crippen LogP contribution is 2.20. The van der Waals surface area contributed by atoms with Gasteiger partial charge in [-0.1, -0.05) is 84.5 Å². The van der Waals surface area contributed by atoms with Gasteiger partial charge in [0.15, 0.2) is 5.82 Å². The van der Waals surface area contributed by atoms with Crippen LogP contribution in [-0.2, 0) is 6.42 Å². The van der Waals surface area contributed by atoms with E-state index in [1.54, 1.807) is 0 Å². The first-order valence-corrected chi connectivity index (χ1v) is 13.4. The molecule has 0 aliphatic carbocycles. The van der Waals surface area contributed by atoms with Crippen LogP contribution in [0.2, 0.25) is 0 Å². The van der Waals surface area contributed by atoms with Crippen molar-refractivity contribution in [3.8, 4) is 17.1 Å². The minimum absolute atomic E-state index is 0.558. The molecule has 0 fully saturated rings. The lowest BCUT2D eigenvalue weighted by atomic mass is 10.0. The first-order chi connectivity index (χ1) is 16.2. The average Bonchev–Trinajstić information content (AvgIpc) is 2.85. The minimum Gasteiger partial charge on any atom is -0.494 e. The van der Waals surface area contributed by atoms with Crippen molar-refractivity contribution in [3.63, 3.8) is 0 Å². The third kappa shape index (κ3) is 12.2. The van der Waals surface area contributed by atoms with Gasteiger partial charge >= 0.3 is 0 Å². The van der Waals surface area contributed by atoms with E-state index in [4.69, 9.17) is 4.74 Å². The summed E-state index contributed by atoms with van der Waals surface area (Å²) >= 11 is 0. The molecule has 2 aromatic rings. The number of alkyl halides is 1. The molecule has 0 N–H and O–H groups in total. The molecule has 1 aromatic carbocycles. The Labute approximate surface area is 201 Å². The van der Waals surface area contributed by atoms with E-state index in [1.165, 1.54) is 57.8 Å². The molecule has 1 aromatic heterocycles. The Balaban J connectivity index is 1.65. The summed E-state index contributed by atoms with van der Waals surface area (Å²) < 4.78 is 20.0. The van der Waals surface area contributed by atoms with Crippen molar-refractivity contribution in [2.24, 2.45) is 0 Å². The largest absolute Gasteiger partial charge is 0.494 e. The first-order valence-electron chi connectivity index (χ1n) is 13.4. The van der Waals surface area contributed by atoms with Crippen molar-refractivity contribution in [1.29, 1.82) is 0 Å². The van der Waals surface area contributed by atoms with Gasteiger partial charge in [-0.15, -0.1) is 0 Å². The van der Waals surface area contributed by atoms with Crippen LogP contribution in [0.1, 0.15) is 109 Å². The Hall–Kier alpha value is -1.97. The van der Waals surface area contributed by atoms with E-state index >= 15 is 0 Å². The number of unbranched alkanes of at least 4 members (excludes halogenated alkanes) is 10. The molecule has 33 heavy (non-hydrogen) atoms. The maximum absolute atomic E-state index is 14.2. The molecule has 4 heteroatoms. The SMILES string of the molecule is CCCCCCCCOc1ccc(-c2ncc(CC[C@@H](F)CCCCCCCC)cn2)cc1. The molecule has 0 spiro atoms. The fourth-order valence-corrected chi connectivity index (χ4v) is 4.02. The average molecular weight is 457 g/mol. The Morgan fingerprint density at radius 1 is 0.727 bits per heavy atom. The minimum atomic E-state index is -0.722. The molecule has 0 unspecified atom stereocenters. The standard InChI is InChI=1S/C29H45FN2O/c1-3-5-7-9-11-13-15-27(30)19-16-25-23-31-29(32-24-25)26-17-20-28(21-18-26)33-22-14-12-10-8-6-4-2/h17-18,20-21,23-24,27H,3-16,19,22H2,1-2H3/t27-/m0/s1. The Bertz CT molecular complexity index is 717. The zero-order chi connectivity index (χ0) is 23.6. The van der Waals surface area contributed by atoms with Gasteiger partial charge in [0.1, 0.15) is 11.9 Å². The highest BCUT2D eigenvalue weighted by atomic mass is 19.1. The molecule has 0 amide bonds. The molecular formula is C29H45FN2O. The van der Waals surface area contributed by atoms with E-state index in [2.05, 4.69) is 23.8 Å². The summed E-state index contributed by atoms with van der Waals surface area (Å²) in [5.74, 6) is 1.59. The second-order valence-electron chi connectivity index (χ2n) is 9.25. The molecule has 1 heterocycles. The molecule has 1 atom stereocenters. The van der Waals surface area contributed by atoms with Gasteiger partial charge in [0.05, 0.1) is 6.61 Å². The van der Waals surface area contributed by atoms with E-state index in [1.807, 2.05) is 36.7 Å². The lowest BCUT2D eigenvalue weighted by molar-refractivity contribution is 0.287. The summed E-state index contributed by atoms with van der Waals surface area (Å²) in [6.07, 6.45) is 19.7. The second kappa shape index (κ2) is 17.5. The quantitative estimate of drug-likeness (QED) is 0.198. The van der Waals surface area contributed by atoms with Crippen LogP contribution in [0.5, 0.6) is 5.75 Å². The van der Waals surface area contributed by atoms with Crippen molar-refractivity contribution in [1.82, 2.24) is 9.97 Å². The molecule has 0 saturated carbocycles. The van der Waals surface area contributed by atoms with Crippen LogP contribution in [0.4, 0.5) is 4.39 Å². The van der Waals surface area contributed by atoms with Crippen LogP contribution in [-0.4, -0.2) is 22.7 Å². The maximum Gasteiger partial charge on any atom is 0.159 e. The third-order valence-corrected chi connectivity index (χ3v) is 6.20. The van der Waals surface area contributed by atoms with E-state index in [9.17, 15) is 4.39 Å². The highest BCUT2D eigenvalue weighted by molar-refractivity contribution is 5.55. The van der Waals surface area contributed by atoms with Crippen molar-refractivity contribution in [2.75, 3.05) is 6.61 Å². The molecule has 184 valence electrons. The van der Waals surface area contributed by atoms with E-state index in [0.717, 1.165) is 42.7 Å². The van der Waals surface area contributed by atoms with Gasteiger partial charge in [0, 0.05) is 18.0 Å². The molecule has 0 saturated heterocycles. The maximum atomic E-state index is 14.2. The van der Waals surface area contributed by atoms with E-state index in [-0.39, 0.29) is 0 Å². The van der Waals surface area contributed by atoms with Crippen LogP contribution >= 0.6 is 0 Å². The van der Waals surface area contributed by atoms with Crippen molar-refractivity contribution < 1.29 is 9.13 Å². The normalized spacial score (nSPS) is 12.1. The Kier molecular flexibility index (Phi) is 14.5. The number of aromatic nitrogens is 2. The summed E-state index contributed by atoms with van der Waals surface area (Å²) in [6.45, 7) is 5.23. The number of benzene rings is 1. The van der Waals surface area contributed by atoms with Crippen molar-refractivity contribution in [3.05, 3.63) is 42.2 Å². The predicted molar refractivity (Wildman–Crippen MR) is 138 cm³/mol. The van der Waals surface area contributed by atoms with Gasteiger partial charge in [-0.2, -0.15) is 0 Å². The number of hydrogen-bond acceptors (Lipinski definition) is 3. The number of halogens is 1. The summed E-state index contributed by atoms with van der Waals surface area (Å²) in [4.78, 5) is 8.99. The monoisotopic (exact) mass is 456 g/mol. The summed E-state index contributed by atoms with van der Waals surface area (Å²) in [5.41, 5.74) is 1.98. The van der Waals surface area contributed by atoms with Crippen LogP contribution < -0.4 is 4.74 Å².